The van der Waals surface area contributed by atoms with Crippen molar-refractivity contribution in [3.63, 3.8) is 0 Å². The molecule has 0 bridgehead atoms. The Kier molecular flexibility index (Phi) is 6.36. The summed E-state index contributed by atoms with van der Waals surface area (Å²) in [5.41, 5.74) is 2.17. The molecule has 6 nitrogen and oxygen atoms in total. The highest BCUT2D eigenvalue weighted by Gasteiger charge is 2.16. The van der Waals surface area contributed by atoms with Gasteiger partial charge >= 0.3 is 0 Å². The molecule has 6 heteroatoms. The lowest BCUT2D eigenvalue weighted by atomic mass is 10.1. The largest absolute Gasteiger partial charge is 0.492 e. The van der Waals surface area contributed by atoms with Crippen LogP contribution in [0, 0.1) is 6.92 Å². The van der Waals surface area contributed by atoms with E-state index in [0.717, 1.165) is 11.3 Å². The predicted octanol–water partition coefficient (Wildman–Crippen LogP) is 3.45. The van der Waals surface area contributed by atoms with E-state index in [-0.39, 0.29) is 11.8 Å². The highest BCUT2D eigenvalue weighted by Crippen LogP contribution is 2.21. The van der Waals surface area contributed by atoms with Gasteiger partial charge in [0.1, 0.15) is 12.4 Å². The van der Waals surface area contributed by atoms with Gasteiger partial charge < -0.3 is 15.4 Å². The molecule has 2 N–H and O–H groups in total. The minimum absolute atomic E-state index is 0.273. The van der Waals surface area contributed by atoms with Gasteiger partial charge in [0.2, 0.25) is 0 Å². The summed E-state index contributed by atoms with van der Waals surface area (Å²) in [5, 5.41) is 5.66. The smallest absolute Gasteiger partial charge is 0.255 e. The summed E-state index contributed by atoms with van der Waals surface area (Å²) in [6, 6.07) is 17.9. The summed E-state index contributed by atoms with van der Waals surface area (Å²) in [4.78, 5) is 29.0. The number of para-hydroxylation sites is 2. The van der Waals surface area contributed by atoms with Crippen molar-refractivity contribution in [3.8, 4) is 5.75 Å². The molecule has 0 aliphatic heterocycles. The van der Waals surface area contributed by atoms with E-state index in [0.29, 0.717) is 30.0 Å². The van der Waals surface area contributed by atoms with Crippen molar-refractivity contribution in [2.24, 2.45) is 0 Å². The number of amides is 2. The predicted molar refractivity (Wildman–Crippen MR) is 108 cm³/mol. The Labute approximate surface area is 163 Å². The first-order chi connectivity index (χ1) is 13.6. The van der Waals surface area contributed by atoms with Crippen LogP contribution in [0.15, 0.2) is 73.1 Å². The number of carbonyl (C=O) groups is 2. The van der Waals surface area contributed by atoms with Gasteiger partial charge in [0.05, 0.1) is 17.8 Å². The molecule has 0 saturated heterocycles. The Morgan fingerprint density at radius 2 is 1.68 bits per heavy atom. The molecule has 0 unspecified atom stereocenters. The number of aryl methyl sites for hydroxylation is 1. The molecule has 3 rings (SSSR count). The van der Waals surface area contributed by atoms with Crippen molar-refractivity contribution < 1.29 is 14.3 Å². The van der Waals surface area contributed by atoms with Gasteiger partial charge in [-0.15, -0.1) is 0 Å². The maximum atomic E-state index is 12.6. The van der Waals surface area contributed by atoms with Crippen LogP contribution >= 0.6 is 0 Å². The molecule has 2 aromatic carbocycles. The van der Waals surface area contributed by atoms with Crippen molar-refractivity contribution in [3.05, 3.63) is 89.7 Å². The minimum atomic E-state index is -0.293. The van der Waals surface area contributed by atoms with Crippen molar-refractivity contribution in [2.75, 3.05) is 18.5 Å². The summed E-state index contributed by atoms with van der Waals surface area (Å²) < 4.78 is 5.58. The third kappa shape index (κ3) is 4.94. The normalized spacial score (nSPS) is 10.2. The van der Waals surface area contributed by atoms with Gasteiger partial charge in [0.25, 0.3) is 11.8 Å². The molecule has 142 valence electrons. The number of nitrogens with one attached hydrogen (secondary N) is 2. The maximum absolute atomic E-state index is 12.6. The number of pyridine rings is 1. The number of benzene rings is 2. The van der Waals surface area contributed by atoms with E-state index in [1.807, 2.05) is 43.3 Å². The van der Waals surface area contributed by atoms with Gasteiger partial charge in [-0.25, -0.2) is 0 Å². The Hall–Kier alpha value is -3.67. The molecular formula is C22H21N3O3. The van der Waals surface area contributed by atoms with Gasteiger partial charge in [0.15, 0.2) is 0 Å². The van der Waals surface area contributed by atoms with Crippen LogP contribution in [0.25, 0.3) is 0 Å². The Balaban J connectivity index is 1.63. The second kappa shape index (κ2) is 9.32. The monoisotopic (exact) mass is 375 g/mol. The molecule has 1 heterocycles. The highest BCUT2D eigenvalue weighted by atomic mass is 16.5. The zero-order valence-corrected chi connectivity index (χ0v) is 15.5. The first-order valence-electron chi connectivity index (χ1n) is 8.92. The fourth-order valence-corrected chi connectivity index (χ4v) is 2.66. The van der Waals surface area contributed by atoms with Gasteiger partial charge in [-0.2, -0.15) is 0 Å². The lowest BCUT2D eigenvalue weighted by molar-refractivity contribution is 0.0948. The molecule has 0 fully saturated rings. The fourth-order valence-electron chi connectivity index (χ4n) is 2.66. The SMILES string of the molecule is Cc1cccc(C(=O)NCCOc2ccccc2)c1NC(=O)c1ccncc1. The summed E-state index contributed by atoms with van der Waals surface area (Å²) in [5.74, 6) is 0.182. The summed E-state index contributed by atoms with van der Waals surface area (Å²) in [6.45, 7) is 2.54. The van der Waals surface area contributed by atoms with Crippen molar-refractivity contribution in [1.29, 1.82) is 0 Å². The Bertz CT molecular complexity index is 944. The second-order valence-electron chi connectivity index (χ2n) is 6.10. The molecule has 0 radical (unpaired) electrons. The van der Waals surface area contributed by atoms with Gasteiger partial charge in [-0.1, -0.05) is 30.3 Å². The molecule has 3 aromatic rings. The van der Waals surface area contributed by atoms with Crippen molar-refractivity contribution in [1.82, 2.24) is 10.3 Å². The van der Waals surface area contributed by atoms with Crippen molar-refractivity contribution >= 4 is 17.5 Å². The van der Waals surface area contributed by atoms with E-state index < -0.39 is 0 Å². The minimum Gasteiger partial charge on any atom is -0.492 e. The van der Waals surface area contributed by atoms with E-state index in [1.54, 1.807) is 36.7 Å². The topological polar surface area (TPSA) is 80.3 Å². The molecule has 0 saturated carbocycles. The van der Waals surface area contributed by atoms with Gasteiger partial charge in [-0.3, -0.25) is 14.6 Å². The number of anilines is 1. The number of ether oxygens (including phenoxy) is 1. The molecule has 0 aliphatic rings. The van der Waals surface area contributed by atoms with Crippen LogP contribution in [-0.2, 0) is 0 Å². The third-order valence-corrected chi connectivity index (χ3v) is 4.10. The number of hydrogen-bond donors (Lipinski definition) is 2. The van der Waals surface area contributed by atoms with Crippen LogP contribution in [0.2, 0.25) is 0 Å². The first kappa shape index (κ1) is 19.1. The highest BCUT2D eigenvalue weighted by molar-refractivity contribution is 6.09. The lowest BCUT2D eigenvalue weighted by Gasteiger charge is -2.14. The second-order valence-corrected chi connectivity index (χ2v) is 6.10. The molecule has 2 amide bonds. The fraction of sp³-hybridized carbons (Fsp3) is 0.136. The van der Waals surface area contributed by atoms with Crippen LogP contribution in [0.5, 0.6) is 5.75 Å². The van der Waals surface area contributed by atoms with Crippen molar-refractivity contribution in [2.45, 2.75) is 6.92 Å². The molecular weight excluding hydrogens is 354 g/mol. The molecule has 1 aromatic heterocycles. The first-order valence-corrected chi connectivity index (χ1v) is 8.92. The van der Waals surface area contributed by atoms with Gasteiger partial charge in [-0.05, 0) is 42.8 Å². The van der Waals surface area contributed by atoms with Crippen LogP contribution < -0.4 is 15.4 Å². The van der Waals surface area contributed by atoms with Crippen LogP contribution in [0.3, 0.4) is 0 Å². The lowest BCUT2D eigenvalue weighted by Crippen LogP contribution is -2.29. The van der Waals surface area contributed by atoms with E-state index in [4.69, 9.17) is 4.74 Å². The van der Waals surface area contributed by atoms with Crippen LogP contribution in [0.1, 0.15) is 26.3 Å². The molecule has 0 atom stereocenters. The standard InChI is InChI=1S/C22H21N3O3/c1-16-6-5-9-19(20(16)25-21(26)17-10-12-23-13-11-17)22(27)24-14-15-28-18-7-3-2-4-8-18/h2-13H,14-15H2,1H3,(H,24,27)(H,25,26). The zero-order valence-electron chi connectivity index (χ0n) is 15.5. The average Bonchev–Trinajstić information content (AvgIpc) is 2.74. The van der Waals surface area contributed by atoms with Gasteiger partial charge in [0, 0.05) is 18.0 Å². The molecule has 0 aliphatic carbocycles. The van der Waals surface area contributed by atoms with E-state index in [1.165, 1.54) is 0 Å². The van der Waals surface area contributed by atoms with E-state index in [9.17, 15) is 9.59 Å². The van der Waals surface area contributed by atoms with Crippen LogP contribution in [0.4, 0.5) is 5.69 Å². The summed E-state index contributed by atoms with van der Waals surface area (Å²) in [6.07, 6.45) is 3.10. The van der Waals surface area contributed by atoms with E-state index >= 15 is 0 Å². The van der Waals surface area contributed by atoms with Crippen LogP contribution in [-0.4, -0.2) is 29.9 Å². The number of carbonyl (C=O) groups excluding carboxylic acids is 2. The summed E-state index contributed by atoms with van der Waals surface area (Å²) in [7, 11) is 0. The molecule has 0 spiro atoms. The summed E-state index contributed by atoms with van der Waals surface area (Å²) >= 11 is 0. The number of aromatic nitrogens is 1. The number of rotatable bonds is 7. The Morgan fingerprint density at radius 3 is 2.43 bits per heavy atom. The third-order valence-electron chi connectivity index (χ3n) is 4.10. The van der Waals surface area contributed by atoms with E-state index in [2.05, 4.69) is 15.6 Å². The number of hydrogen-bond acceptors (Lipinski definition) is 4. The molecule has 28 heavy (non-hydrogen) atoms. The average molecular weight is 375 g/mol. The Morgan fingerprint density at radius 1 is 0.929 bits per heavy atom. The quantitative estimate of drug-likeness (QED) is 0.620. The maximum Gasteiger partial charge on any atom is 0.255 e. The zero-order chi connectivity index (χ0) is 19.8. The number of nitrogens with zero attached hydrogens (tertiary/aromatic N) is 1.